The first-order chi connectivity index (χ1) is 13.6. The maximum absolute atomic E-state index is 12.3. The van der Waals surface area contributed by atoms with Crippen LogP contribution in [-0.4, -0.2) is 29.7 Å². The number of thioether (sulfide) groups is 1. The van der Waals surface area contributed by atoms with Gasteiger partial charge in [0, 0.05) is 17.9 Å². The van der Waals surface area contributed by atoms with Crippen molar-refractivity contribution >= 4 is 29.3 Å². The molecule has 1 heterocycles. The van der Waals surface area contributed by atoms with Crippen molar-refractivity contribution in [2.24, 2.45) is 0 Å². The quantitative estimate of drug-likeness (QED) is 0.503. The van der Waals surface area contributed by atoms with Crippen LogP contribution in [0.2, 0.25) is 0 Å². The van der Waals surface area contributed by atoms with Gasteiger partial charge in [-0.25, -0.2) is 9.78 Å². The van der Waals surface area contributed by atoms with Gasteiger partial charge in [0.05, 0.1) is 23.9 Å². The van der Waals surface area contributed by atoms with Crippen LogP contribution in [0.1, 0.15) is 47.8 Å². The second-order valence-corrected chi connectivity index (χ2v) is 7.14. The fourth-order valence-corrected chi connectivity index (χ4v) is 3.44. The molecule has 2 rings (SSSR count). The molecule has 0 radical (unpaired) electrons. The van der Waals surface area contributed by atoms with Gasteiger partial charge in [-0.2, -0.15) is 5.26 Å². The van der Waals surface area contributed by atoms with Gasteiger partial charge in [0.15, 0.2) is 0 Å². The number of aromatic nitrogens is 1. The Bertz CT molecular complexity index is 877. The average molecular weight is 398 g/mol. The summed E-state index contributed by atoms with van der Waals surface area (Å²) in [6, 6.07) is 12.5. The fourth-order valence-electron chi connectivity index (χ4n) is 2.50. The highest BCUT2D eigenvalue weighted by Gasteiger charge is 2.14. The lowest BCUT2D eigenvalue weighted by atomic mass is 10.2. The van der Waals surface area contributed by atoms with E-state index >= 15 is 0 Å². The van der Waals surface area contributed by atoms with Gasteiger partial charge in [0.1, 0.15) is 11.1 Å². The zero-order valence-corrected chi connectivity index (χ0v) is 16.8. The molecule has 0 saturated carbocycles. The third-order valence-electron chi connectivity index (χ3n) is 4.00. The highest BCUT2D eigenvalue weighted by atomic mass is 32.2. The largest absolute Gasteiger partial charge is 0.465 e. The van der Waals surface area contributed by atoms with E-state index in [-0.39, 0.29) is 12.3 Å². The molecule has 0 aliphatic heterocycles. The lowest BCUT2D eigenvalue weighted by Crippen LogP contribution is -2.15. The number of pyridine rings is 1. The maximum Gasteiger partial charge on any atom is 0.339 e. The number of unbranched alkanes of at least 4 members (excludes halogenated alkanes) is 1. The van der Waals surface area contributed by atoms with Gasteiger partial charge in [0.2, 0.25) is 5.91 Å². The van der Waals surface area contributed by atoms with Crippen molar-refractivity contribution in [3.63, 3.8) is 0 Å². The lowest BCUT2D eigenvalue weighted by molar-refractivity contribution is -0.115. The Labute approximate surface area is 169 Å². The third kappa shape index (κ3) is 6.10. The molecule has 0 aliphatic carbocycles. The van der Waals surface area contributed by atoms with Crippen LogP contribution in [-0.2, 0) is 16.0 Å². The van der Waals surface area contributed by atoms with Crippen LogP contribution in [0.15, 0.2) is 41.4 Å². The number of rotatable bonds is 9. The number of hydrogen-bond acceptors (Lipinski definition) is 6. The minimum atomic E-state index is -0.503. The minimum Gasteiger partial charge on any atom is -0.465 e. The zero-order valence-electron chi connectivity index (χ0n) is 16.0. The first-order valence-corrected chi connectivity index (χ1v) is 10.1. The number of nitriles is 1. The Kier molecular flexibility index (Phi) is 8.50. The van der Waals surface area contributed by atoms with Gasteiger partial charge < -0.3 is 10.1 Å². The lowest BCUT2D eigenvalue weighted by Gasteiger charge is -2.10. The second-order valence-electron chi connectivity index (χ2n) is 6.05. The molecule has 28 heavy (non-hydrogen) atoms. The summed E-state index contributed by atoms with van der Waals surface area (Å²) >= 11 is 1.39. The number of benzene rings is 1. The summed E-state index contributed by atoms with van der Waals surface area (Å²) in [5.41, 5.74) is 2.20. The Hall–Kier alpha value is -2.85. The molecule has 1 aromatic heterocycles. The third-order valence-corrected chi connectivity index (χ3v) is 4.99. The maximum atomic E-state index is 12.3. The second kappa shape index (κ2) is 11.1. The van der Waals surface area contributed by atoms with Crippen LogP contribution in [0.4, 0.5) is 5.69 Å². The molecule has 0 bridgehead atoms. The molecular weight excluding hydrogens is 374 g/mol. The van der Waals surface area contributed by atoms with E-state index in [4.69, 9.17) is 4.74 Å². The monoisotopic (exact) mass is 397 g/mol. The molecule has 1 N–H and O–H groups in total. The van der Waals surface area contributed by atoms with Crippen molar-refractivity contribution in [2.75, 3.05) is 18.2 Å². The predicted octanol–water partition coefficient (Wildman–Crippen LogP) is 4.20. The molecule has 146 valence electrons. The molecule has 0 unspecified atom stereocenters. The normalized spacial score (nSPS) is 10.2. The van der Waals surface area contributed by atoms with Crippen LogP contribution < -0.4 is 5.32 Å². The van der Waals surface area contributed by atoms with Crippen molar-refractivity contribution in [2.45, 2.75) is 37.6 Å². The average Bonchev–Trinajstić information content (AvgIpc) is 2.72. The summed E-state index contributed by atoms with van der Waals surface area (Å²) in [5, 5.41) is 12.7. The molecular formula is C21H23N3O3S. The van der Waals surface area contributed by atoms with Gasteiger partial charge >= 0.3 is 5.97 Å². The number of anilines is 1. The Morgan fingerprint density at radius 1 is 1.25 bits per heavy atom. The van der Waals surface area contributed by atoms with E-state index in [1.54, 1.807) is 30.3 Å². The Morgan fingerprint density at radius 3 is 2.75 bits per heavy atom. The number of esters is 1. The highest BCUT2D eigenvalue weighted by molar-refractivity contribution is 7.99. The smallest absolute Gasteiger partial charge is 0.339 e. The van der Waals surface area contributed by atoms with Gasteiger partial charge in [-0.3, -0.25) is 4.79 Å². The summed E-state index contributed by atoms with van der Waals surface area (Å²) in [6.07, 6.45) is 3.23. The first kappa shape index (κ1) is 21.5. The number of carbonyl (C=O) groups excluding carboxylic acids is 2. The molecule has 1 amide bonds. The predicted molar refractivity (Wildman–Crippen MR) is 109 cm³/mol. The molecule has 2 aromatic rings. The van der Waals surface area contributed by atoms with Crippen LogP contribution in [0.5, 0.6) is 0 Å². The summed E-state index contributed by atoms with van der Waals surface area (Å²) in [5.74, 6) is -0.243. The molecule has 6 nitrogen and oxygen atoms in total. The van der Waals surface area contributed by atoms with E-state index in [1.807, 2.05) is 6.07 Å². The standard InChI is InChI=1S/C21H23N3O3S/c1-3-4-7-16-11-10-15(14-22)20(23-16)28-13-12-19(25)24-18-9-6-5-8-17(18)21(26)27-2/h5-6,8-11H,3-4,7,12-13H2,1-2H3,(H,24,25). The molecule has 0 saturated heterocycles. The number of methoxy groups -OCH3 is 1. The van der Waals surface area contributed by atoms with Crippen LogP contribution in [0, 0.1) is 11.3 Å². The van der Waals surface area contributed by atoms with E-state index in [9.17, 15) is 14.9 Å². The summed E-state index contributed by atoms with van der Waals surface area (Å²) in [7, 11) is 1.30. The van der Waals surface area contributed by atoms with Crippen LogP contribution >= 0.6 is 11.8 Å². The molecule has 1 aromatic carbocycles. The van der Waals surface area contributed by atoms with Crippen LogP contribution in [0.25, 0.3) is 0 Å². The number of aryl methyl sites for hydroxylation is 1. The number of ether oxygens (including phenoxy) is 1. The van der Waals surface area contributed by atoms with E-state index in [1.165, 1.54) is 18.9 Å². The molecule has 0 fully saturated rings. The van der Waals surface area contributed by atoms with Crippen molar-refractivity contribution in [1.29, 1.82) is 5.26 Å². The SMILES string of the molecule is CCCCc1ccc(C#N)c(SCCC(=O)Nc2ccccc2C(=O)OC)n1. The van der Waals surface area contributed by atoms with E-state index in [2.05, 4.69) is 23.3 Å². The Balaban J connectivity index is 1.96. The topological polar surface area (TPSA) is 92.1 Å². The zero-order chi connectivity index (χ0) is 20.4. The fraction of sp³-hybridized carbons (Fsp3) is 0.333. The molecule has 0 aliphatic rings. The number of amides is 1. The number of hydrogen-bond donors (Lipinski definition) is 1. The molecule has 0 spiro atoms. The van der Waals surface area contributed by atoms with Gasteiger partial charge in [-0.1, -0.05) is 25.5 Å². The number of nitrogens with one attached hydrogen (secondary N) is 1. The van der Waals surface area contributed by atoms with Crippen molar-refractivity contribution in [3.8, 4) is 6.07 Å². The van der Waals surface area contributed by atoms with Crippen molar-refractivity contribution in [3.05, 3.63) is 53.2 Å². The minimum absolute atomic E-state index is 0.218. The molecule has 0 atom stereocenters. The highest BCUT2D eigenvalue weighted by Crippen LogP contribution is 2.23. The first-order valence-electron chi connectivity index (χ1n) is 9.09. The van der Waals surface area contributed by atoms with Crippen molar-refractivity contribution < 1.29 is 14.3 Å². The number of para-hydroxylation sites is 1. The van der Waals surface area contributed by atoms with Crippen molar-refractivity contribution in [1.82, 2.24) is 4.98 Å². The summed E-state index contributed by atoms with van der Waals surface area (Å²) < 4.78 is 4.73. The Morgan fingerprint density at radius 2 is 2.04 bits per heavy atom. The summed E-state index contributed by atoms with van der Waals surface area (Å²) in [4.78, 5) is 28.6. The number of carbonyl (C=O) groups is 2. The van der Waals surface area contributed by atoms with E-state index < -0.39 is 5.97 Å². The van der Waals surface area contributed by atoms with Gasteiger partial charge in [0.25, 0.3) is 0 Å². The number of nitrogens with zero attached hydrogens (tertiary/aromatic N) is 2. The summed E-state index contributed by atoms with van der Waals surface area (Å²) in [6.45, 7) is 2.12. The van der Waals surface area contributed by atoms with E-state index in [0.717, 1.165) is 25.0 Å². The van der Waals surface area contributed by atoms with Gasteiger partial charge in [-0.15, -0.1) is 11.8 Å². The van der Waals surface area contributed by atoms with Gasteiger partial charge in [-0.05, 0) is 37.1 Å². The van der Waals surface area contributed by atoms with Crippen LogP contribution in [0.3, 0.4) is 0 Å². The van der Waals surface area contributed by atoms with E-state index in [0.29, 0.717) is 27.6 Å². The molecule has 7 heteroatoms.